The number of aromatic nitrogens is 2. The van der Waals surface area contributed by atoms with E-state index in [2.05, 4.69) is 4.90 Å². The van der Waals surface area contributed by atoms with Gasteiger partial charge in [-0.1, -0.05) is 79.6 Å². The van der Waals surface area contributed by atoms with E-state index in [-0.39, 0.29) is 11.5 Å². The van der Waals surface area contributed by atoms with E-state index in [1.807, 2.05) is 55.6 Å². The number of hydrogen-bond acceptors (Lipinski definition) is 6. The van der Waals surface area contributed by atoms with Crippen molar-refractivity contribution in [3.05, 3.63) is 81.1 Å². The SMILES string of the molecule is CN(c1nc2ccccn2c(=O)c1/C=C1/SC(=S)N(CCc2ccccc2)C1=O)C1CCCCC1. The quantitative estimate of drug-likeness (QED) is 0.351. The Hall–Kier alpha value is -2.97. The van der Waals surface area contributed by atoms with Crippen molar-refractivity contribution in [2.45, 2.75) is 44.6 Å². The van der Waals surface area contributed by atoms with Crippen LogP contribution >= 0.6 is 24.0 Å². The van der Waals surface area contributed by atoms with E-state index in [9.17, 15) is 9.59 Å². The molecule has 35 heavy (non-hydrogen) atoms. The number of pyridine rings is 1. The first-order valence-corrected chi connectivity index (χ1v) is 13.3. The molecule has 3 aromatic rings. The van der Waals surface area contributed by atoms with Crippen LogP contribution in [0.1, 0.15) is 43.2 Å². The van der Waals surface area contributed by atoms with Crippen molar-refractivity contribution in [1.82, 2.24) is 14.3 Å². The monoisotopic (exact) mass is 504 g/mol. The maximum Gasteiger partial charge on any atom is 0.267 e. The summed E-state index contributed by atoms with van der Waals surface area (Å²) in [6, 6.07) is 15.9. The number of benzene rings is 1. The van der Waals surface area contributed by atoms with E-state index < -0.39 is 0 Å². The number of nitrogens with zero attached hydrogens (tertiary/aromatic N) is 4. The number of hydrogen-bond donors (Lipinski definition) is 0. The summed E-state index contributed by atoms with van der Waals surface area (Å²) < 4.78 is 2.06. The second-order valence-corrected chi connectivity index (χ2v) is 10.7. The Morgan fingerprint density at radius 2 is 1.83 bits per heavy atom. The Bertz CT molecular complexity index is 1350. The van der Waals surface area contributed by atoms with Gasteiger partial charge in [-0.3, -0.25) is 18.9 Å². The molecule has 0 unspecified atom stereocenters. The van der Waals surface area contributed by atoms with Gasteiger partial charge in [0.25, 0.3) is 11.5 Å². The van der Waals surface area contributed by atoms with Crippen LogP contribution in [0.4, 0.5) is 5.82 Å². The topological polar surface area (TPSA) is 57.9 Å². The molecule has 2 aromatic heterocycles. The molecule has 8 heteroatoms. The minimum Gasteiger partial charge on any atom is -0.356 e. The Kier molecular flexibility index (Phi) is 7.02. The molecule has 0 radical (unpaired) electrons. The van der Waals surface area contributed by atoms with Gasteiger partial charge < -0.3 is 4.90 Å². The Labute approximate surface area is 214 Å². The molecule has 1 saturated carbocycles. The molecule has 1 saturated heterocycles. The van der Waals surface area contributed by atoms with E-state index >= 15 is 0 Å². The Morgan fingerprint density at radius 3 is 2.60 bits per heavy atom. The molecule has 0 atom stereocenters. The van der Waals surface area contributed by atoms with E-state index in [1.165, 1.54) is 31.0 Å². The molecule has 1 aromatic carbocycles. The van der Waals surface area contributed by atoms with Crippen molar-refractivity contribution in [3.63, 3.8) is 0 Å². The predicted octanol–water partition coefficient (Wildman–Crippen LogP) is 4.91. The fraction of sp³-hybridized carbons (Fsp3) is 0.333. The third kappa shape index (κ3) is 4.90. The molecular weight excluding hydrogens is 476 g/mol. The second-order valence-electron chi connectivity index (χ2n) is 9.05. The van der Waals surface area contributed by atoms with Crippen LogP contribution in [-0.4, -0.2) is 44.1 Å². The van der Waals surface area contributed by atoms with Gasteiger partial charge in [0.15, 0.2) is 0 Å². The number of thioether (sulfide) groups is 1. The number of thiocarbonyl (C=S) groups is 1. The van der Waals surface area contributed by atoms with E-state index in [4.69, 9.17) is 17.2 Å². The lowest BCUT2D eigenvalue weighted by Crippen LogP contribution is -2.36. The van der Waals surface area contributed by atoms with Crippen molar-refractivity contribution in [2.24, 2.45) is 0 Å². The lowest BCUT2D eigenvalue weighted by atomic mass is 9.94. The highest BCUT2D eigenvalue weighted by Crippen LogP contribution is 2.34. The zero-order chi connectivity index (χ0) is 24.4. The van der Waals surface area contributed by atoms with Crippen molar-refractivity contribution in [2.75, 3.05) is 18.5 Å². The van der Waals surface area contributed by atoms with Gasteiger partial charge in [0.1, 0.15) is 15.8 Å². The smallest absolute Gasteiger partial charge is 0.267 e. The summed E-state index contributed by atoms with van der Waals surface area (Å²) in [7, 11) is 2.01. The van der Waals surface area contributed by atoms with E-state index in [1.54, 1.807) is 21.6 Å². The van der Waals surface area contributed by atoms with Crippen LogP contribution < -0.4 is 10.5 Å². The highest BCUT2D eigenvalue weighted by atomic mass is 32.2. The molecule has 0 N–H and O–H groups in total. The van der Waals surface area contributed by atoms with Gasteiger partial charge in [0.05, 0.1) is 10.5 Å². The highest BCUT2D eigenvalue weighted by Gasteiger charge is 2.33. The second kappa shape index (κ2) is 10.3. The summed E-state index contributed by atoms with van der Waals surface area (Å²) in [4.78, 5) is 36.0. The maximum atomic E-state index is 13.6. The Morgan fingerprint density at radius 1 is 1.09 bits per heavy atom. The predicted molar refractivity (Wildman–Crippen MR) is 147 cm³/mol. The van der Waals surface area contributed by atoms with Crippen LogP contribution in [0, 0.1) is 0 Å². The van der Waals surface area contributed by atoms with Crippen LogP contribution in [-0.2, 0) is 11.2 Å². The first-order valence-electron chi connectivity index (χ1n) is 12.1. The van der Waals surface area contributed by atoms with Crippen molar-refractivity contribution < 1.29 is 4.79 Å². The van der Waals surface area contributed by atoms with Gasteiger partial charge in [0, 0.05) is 25.8 Å². The summed E-state index contributed by atoms with van der Waals surface area (Å²) in [6.07, 6.45) is 9.89. The summed E-state index contributed by atoms with van der Waals surface area (Å²) >= 11 is 6.80. The summed E-state index contributed by atoms with van der Waals surface area (Å²) in [5.41, 5.74) is 2.01. The van der Waals surface area contributed by atoms with Crippen molar-refractivity contribution in [3.8, 4) is 0 Å². The van der Waals surface area contributed by atoms with Crippen LogP contribution in [0.5, 0.6) is 0 Å². The van der Waals surface area contributed by atoms with Gasteiger partial charge in [0.2, 0.25) is 0 Å². The zero-order valence-corrected chi connectivity index (χ0v) is 21.4. The first-order chi connectivity index (χ1) is 17.0. The largest absolute Gasteiger partial charge is 0.356 e. The molecule has 6 nitrogen and oxygen atoms in total. The molecule has 0 bridgehead atoms. The van der Waals surface area contributed by atoms with Crippen LogP contribution in [0.25, 0.3) is 11.7 Å². The third-order valence-electron chi connectivity index (χ3n) is 6.82. The standard InChI is InChI=1S/C27H28N4O2S2/c1-29(20-12-6-3-7-13-20)24-21(25(32)30-16-9-8-14-23(30)28-24)18-22-26(33)31(27(34)35-22)17-15-19-10-4-2-5-11-19/h2,4-5,8-11,14,16,18,20H,3,6-7,12-13,15,17H2,1H3/b22-18+. The first kappa shape index (κ1) is 23.8. The lowest BCUT2D eigenvalue weighted by molar-refractivity contribution is -0.122. The molecule has 2 aliphatic rings. The minimum absolute atomic E-state index is 0.153. The van der Waals surface area contributed by atoms with Gasteiger partial charge in [-0.05, 0) is 43.0 Å². The number of fused-ring (bicyclic) bond motifs is 1. The zero-order valence-electron chi connectivity index (χ0n) is 19.7. The fourth-order valence-corrected chi connectivity index (χ4v) is 6.13. The van der Waals surface area contributed by atoms with Crippen LogP contribution in [0.3, 0.4) is 0 Å². The summed E-state index contributed by atoms with van der Waals surface area (Å²) in [5.74, 6) is 0.474. The molecule has 1 aliphatic carbocycles. The van der Waals surface area contributed by atoms with Gasteiger partial charge in [-0.25, -0.2) is 4.98 Å². The number of anilines is 1. The minimum atomic E-state index is -0.178. The highest BCUT2D eigenvalue weighted by molar-refractivity contribution is 8.26. The summed E-state index contributed by atoms with van der Waals surface area (Å²) in [5, 5.41) is 0. The molecule has 3 heterocycles. The molecule has 5 rings (SSSR count). The Balaban J connectivity index is 1.50. The van der Waals surface area contributed by atoms with Crippen molar-refractivity contribution in [1.29, 1.82) is 0 Å². The molecule has 1 amide bonds. The number of rotatable bonds is 6. The molecule has 1 aliphatic heterocycles. The number of carbonyl (C=O) groups is 1. The van der Waals surface area contributed by atoms with E-state index in [0.717, 1.165) is 24.8 Å². The van der Waals surface area contributed by atoms with Crippen LogP contribution in [0.15, 0.2) is 64.4 Å². The van der Waals surface area contributed by atoms with Crippen molar-refractivity contribution >= 4 is 51.7 Å². The van der Waals surface area contributed by atoms with E-state index in [0.29, 0.717) is 38.8 Å². The molecule has 0 spiro atoms. The van der Waals surface area contributed by atoms with Gasteiger partial charge in [-0.15, -0.1) is 0 Å². The van der Waals surface area contributed by atoms with Gasteiger partial charge in [-0.2, -0.15) is 0 Å². The lowest BCUT2D eigenvalue weighted by Gasteiger charge is -2.33. The molecule has 180 valence electrons. The third-order valence-corrected chi connectivity index (χ3v) is 8.20. The fourth-order valence-electron chi connectivity index (χ4n) is 4.84. The van der Waals surface area contributed by atoms with Gasteiger partial charge >= 0.3 is 0 Å². The van der Waals surface area contributed by atoms with Crippen LogP contribution in [0.2, 0.25) is 0 Å². The summed E-state index contributed by atoms with van der Waals surface area (Å²) in [6.45, 7) is 0.510. The maximum absolute atomic E-state index is 13.6. The molecule has 2 fully saturated rings. The number of amides is 1. The average Bonchev–Trinajstić information content (AvgIpc) is 3.16. The number of carbonyl (C=O) groups excluding carboxylic acids is 1. The average molecular weight is 505 g/mol. The molecular formula is C27H28N4O2S2. The normalized spacial score (nSPS) is 18.1.